The van der Waals surface area contributed by atoms with Gasteiger partial charge in [0.05, 0.1) is 12.1 Å². The summed E-state index contributed by atoms with van der Waals surface area (Å²) < 4.78 is 39.5. The first kappa shape index (κ1) is 16.1. The third-order valence-electron chi connectivity index (χ3n) is 5.17. The number of rotatable bonds is 1. The van der Waals surface area contributed by atoms with E-state index >= 15 is 0 Å². The van der Waals surface area contributed by atoms with Crippen molar-refractivity contribution in [2.24, 2.45) is 5.41 Å². The molecule has 3 rings (SSSR count). The Bertz CT molecular complexity index is 627. The van der Waals surface area contributed by atoms with Crippen molar-refractivity contribution in [3.05, 3.63) is 35.2 Å². The largest absolute Gasteiger partial charge is 0.407 e. The van der Waals surface area contributed by atoms with Crippen LogP contribution in [-0.2, 0) is 6.18 Å². The Hall–Kier alpha value is -1.74. The summed E-state index contributed by atoms with van der Waals surface area (Å²) in [6.07, 6.45) is -1.34. The second kappa shape index (κ2) is 5.72. The zero-order valence-electron chi connectivity index (χ0n) is 13.1. The van der Waals surface area contributed by atoms with Gasteiger partial charge >= 0.3 is 6.18 Å². The van der Waals surface area contributed by atoms with Crippen molar-refractivity contribution < 1.29 is 13.2 Å². The third-order valence-corrected chi connectivity index (χ3v) is 5.17. The van der Waals surface area contributed by atoms with Gasteiger partial charge in [-0.05, 0) is 56.8 Å². The van der Waals surface area contributed by atoms with Crippen LogP contribution in [0.3, 0.4) is 0 Å². The number of hydrogen-bond acceptors (Lipinski definition) is 2. The van der Waals surface area contributed by atoms with Crippen LogP contribution in [0.4, 0.5) is 24.5 Å². The van der Waals surface area contributed by atoms with Gasteiger partial charge in [-0.3, -0.25) is 0 Å². The number of anilines is 1. The maximum atomic E-state index is 13.2. The molecule has 124 valence electrons. The molecule has 2 heterocycles. The zero-order chi connectivity index (χ0) is 16.7. The molecule has 6 heteroatoms. The molecule has 2 fully saturated rings. The van der Waals surface area contributed by atoms with Crippen molar-refractivity contribution in [1.82, 2.24) is 5.32 Å². The standard InChI is InChI=1S/C17H20F3N3/c1-12-10-16(5-7-22-8-6-16)11-23(12)13-3-4-15(21-2)14(9-13)17(18,19)20/h3-4,9,12,22H,5-8,10-11H2,1H3/t12-/m0/s1. The fourth-order valence-electron chi connectivity index (χ4n) is 4.01. The minimum absolute atomic E-state index is 0.210. The van der Waals surface area contributed by atoms with Crippen molar-refractivity contribution in [2.45, 2.75) is 38.4 Å². The fourth-order valence-corrected chi connectivity index (χ4v) is 4.01. The SMILES string of the molecule is [C-]#[N+]c1ccc(N2CC3(CCNCC3)C[C@@H]2C)cc1C(F)(F)F. The lowest BCUT2D eigenvalue weighted by Crippen LogP contribution is -2.38. The predicted octanol–water partition coefficient (Wildman–Crippen LogP) is 4.22. The van der Waals surface area contributed by atoms with Crippen LogP contribution in [0, 0.1) is 12.0 Å². The molecule has 0 saturated carbocycles. The molecule has 1 N–H and O–H groups in total. The summed E-state index contributed by atoms with van der Waals surface area (Å²) in [7, 11) is 0. The Morgan fingerprint density at radius 1 is 1.30 bits per heavy atom. The molecule has 2 aliphatic heterocycles. The summed E-state index contributed by atoms with van der Waals surface area (Å²) >= 11 is 0. The first-order valence-corrected chi connectivity index (χ1v) is 7.91. The lowest BCUT2D eigenvalue weighted by Gasteiger charge is -2.34. The molecular formula is C17H20F3N3. The molecule has 1 spiro atoms. The highest BCUT2D eigenvalue weighted by Gasteiger charge is 2.43. The van der Waals surface area contributed by atoms with Crippen LogP contribution >= 0.6 is 0 Å². The highest BCUT2D eigenvalue weighted by molar-refractivity contribution is 5.63. The maximum absolute atomic E-state index is 13.2. The van der Waals surface area contributed by atoms with Gasteiger partial charge < -0.3 is 10.2 Å². The van der Waals surface area contributed by atoms with E-state index in [4.69, 9.17) is 6.57 Å². The lowest BCUT2D eigenvalue weighted by molar-refractivity contribution is -0.136. The first-order chi connectivity index (χ1) is 10.8. The molecule has 0 amide bonds. The van der Waals surface area contributed by atoms with Gasteiger partial charge in [-0.2, -0.15) is 13.2 Å². The number of hydrogen-bond donors (Lipinski definition) is 1. The molecule has 0 radical (unpaired) electrons. The number of halogens is 3. The van der Waals surface area contributed by atoms with Gasteiger partial charge in [-0.1, -0.05) is 6.07 Å². The van der Waals surface area contributed by atoms with E-state index < -0.39 is 11.7 Å². The van der Waals surface area contributed by atoms with E-state index in [0.717, 1.165) is 45.0 Å². The monoisotopic (exact) mass is 323 g/mol. The van der Waals surface area contributed by atoms with Crippen LogP contribution in [0.15, 0.2) is 18.2 Å². The van der Waals surface area contributed by atoms with Crippen LogP contribution in [0.2, 0.25) is 0 Å². The van der Waals surface area contributed by atoms with Gasteiger partial charge in [0.25, 0.3) is 0 Å². The quantitative estimate of drug-likeness (QED) is 0.781. The van der Waals surface area contributed by atoms with E-state index in [9.17, 15) is 13.2 Å². The Balaban J connectivity index is 1.91. The van der Waals surface area contributed by atoms with Crippen LogP contribution in [0.25, 0.3) is 4.85 Å². The number of alkyl halides is 3. The van der Waals surface area contributed by atoms with Gasteiger partial charge in [0.15, 0.2) is 5.69 Å². The van der Waals surface area contributed by atoms with Crippen LogP contribution in [0.1, 0.15) is 31.7 Å². The van der Waals surface area contributed by atoms with Crippen molar-refractivity contribution in [1.29, 1.82) is 0 Å². The summed E-state index contributed by atoms with van der Waals surface area (Å²) in [5.74, 6) is 0. The highest BCUT2D eigenvalue weighted by Crippen LogP contribution is 2.45. The third kappa shape index (κ3) is 3.02. The van der Waals surface area contributed by atoms with E-state index in [0.29, 0.717) is 5.69 Å². The topological polar surface area (TPSA) is 19.6 Å². The molecule has 0 bridgehead atoms. The van der Waals surface area contributed by atoms with Gasteiger partial charge in [0, 0.05) is 18.3 Å². The summed E-state index contributed by atoms with van der Waals surface area (Å²) in [5.41, 5.74) is -0.373. The minimum atomic E-state index is -4.49. The normalized spacial score (nSPS) is 24.0. The molecule has 0 aliphatic carbocycles. The molecule has 1 aromatic rings. The molecule has 1 aromatic carbocycles. The van der Waals surface area contributed by atoms with Crippen molar-refractivity contribution in [3.8, 4) is 0 Å². The Kier molecular flexibility index (Phi) is 4.01. The molecule has 1 atom stereocenters. The molecule has 0 aromatic heterocycles. The second-order valence-electron chi connectivity index (χ2n) is 6.74. The molecule has 0 unspecified atom stereocenters. The van der Waals surface area contributed by atoms with E-state index in [2.05, 4.69) is 22.0 Å². The zero-order valence-corrected chi connectivity index (χ0v) is 13.1. The summed E-state index contributed by atoms with van der Waals surface area (Å²) in [4.78, 5) is 5.09. The smallest absolute Gasteiger partial charge is 0.368 e. The van der Waals surface area contributed by atoms with E-state index in [1.54, 1.807) is 6.07 Å². The van der Waals surface area contributed by atoms with E-state index in [1.807, 2.05) is 0 Å². The van der Waals surface area contributed by atoms with Crippen molar-refractivity contribution in [3.63, 3.8) is 0 Å². The number of nitrogens with zero attached hydrogens (tertiary/aromatic N) is 2. The summed E-state index contributed by atoms with van der Waals surface area (Å²) in [6.45, 7) is 11.8. The lowest BCUT2D eigenvalue weighted by atomic mass is 9.77. The fraction of sp³-hybridized carbons (Fsp3) is 0.588. The summed E-state index contributed by atoms with van der Waals surface area (Å²) in [6, 6.07) is 4.31. The van der Waals surface area contributed by atoms with Gasteiger partial charge in [-0.25, -0.2) is 4.85 Å². The average Bonchev–Trinajstić information content (AvgIpc) is 2.82. The second-order valence-corrected chi connectivity index (χ2v) is 6.74. The van der Waals surface area contributed by atoms with Gasteiger partial charge in [0.2, 0.25) is 0 Å². The van der Waals surface area contributed by atoms with Gasteiger partial charge in [0.1, 0.15) is 0 Å². The maximum Gasteiger partial charge on any atom is 0.407 e. The van der Waals surface area contributed by atoms with Crippen LogP contribution in [-0.4, -0.2) is 25.7 Å². The minimum Gasteiger partial charge on any atom is -0.368 e. The Morgan fingerprint density at radius 2 is 2.00 bits per heavy atom. The number of piperidine rings is 1. The van der Waals surface area contributed by atoms with E-state index in [-0.39, 0.29) is 17.1 Å². The number of nitrogens with one attached hydrogen (secondary N) is 1. The number of benzene rings is 1. The molecule has 2 saturated heterocycles. The molecule has 23 heavy (non-hydrogen) atoms. The summed E-state index contributed by atoms with van der Waals surface area (Å²) in [5, 5.41) is 3.35. The van der Waals surface area contributed by atoms with Crippen molar-refractivity contribution >= 4 is 11.4 Å². The average molecular weight is 323 g/mol. The van der Waals surface area contributed by atoms with Crippen LogP contribution < -0.4 is 10.2 Å². The van der Waals surface area contributed by atoms with Crippen LogP contribution in [0.5, 0.6) is 0 Å². The van der Waals surface area contributed by atoms with Crippen molar-refractivity contribution in [2.75, 3.05) is 24.5 Å². The molecule has 3 nitrogen and oxygen atoms in total. The van der Waals surface area contributed by atoms with Gasteiger partial charge in [-0.15, -0.1) is 0 Å². The molecule has 2 aliphatic rings. The molecular weight excluding hydrogens is 303 g/mol. The van der Waals surface area contributed by atoms with E-state index in [1.165, 1.54) is 6.07 Å². The Labute approximate surface area is 134 Å². The highest BCUT2D eigenvalue weighted by atomic mass is 19.4. The Morgan fingerprint density at radius 3 is 2.61 bits per heavy atom. The predicted molar refractivity (Wildman–Crippen MR) is 83.7 cm³/mol. The first-order valence-electron chi connectivity index (χ1n) is 7.91.